The summed E-state index contributed by atoms with van der Waals surface area (Å²) in [7, 11) is 0. The van der Waals surface area contributed by atoms with Gasteiger partial charge in [-0.25, -0.2) is 4.39 Å². The van der Waals surface area contributed by atoms with Crippen LogP contribution in [0.25, 0.3) is 0 Å². The molecular weight excluding hydrogens is 258 g/mol. The molecule has 1 fully saturated rings. The maximum Gasteiger partial charge on any atom is 0.308 e. The minimum atomic E-state index is -1.31. The third kappa shape index (κ3) is 2.54. The van der Waals surface area contributed by atoms with E-state index in [1.54, 1.807) is 6.92 Å². The zero-order chi connectivity index (χ0) is 14.2. The molecule has 102 valence electrons. The first-order valence-corrected chi connectivity index (χ1v) is 5.78. The number of benzene rings is 1. The van der Waals surface area contributed by atoms with E-state index in [2.05, 4.69) is 5.32 Å². The van der Waals surface area contributed by atoms with Crippen LogP contribution in [0.4, 0.5) is 14.5 Å². The number of halogens is 2. The second kappa shape index (κ2) is 4.56. The smallest absolute Gasteiger partial charge is 0.308 e. The molecule has 1 aliphatic carbocycles. The summed E-state index contributed by atoms with van der Waals surface area (Å²) in [6.45, 7) is 1.79. The lowest BCUT2D eigenvalue weighted by molar-refractivity contribution is -0.387. The zero-order valence-corrected chi connectivity index (χ0v) is 10.2. The topological polar surface area (TPSA) is 72.2 Å². The molecule has 7 heteroatoms. The first-order valence-electron chi connectivity index (χ1n) is 5.78. The van der Waals surface area contributed by atoms with E-state index < -0.39 is 39.3 Å². The van der Waals surface area contributed by atoms with Gasteiger partial charge in [-0.3, -0.25) is 14.9 Å². The summed E-state index contributed by atoms with van der Waals surface area (Å²) in [6.07, 6.45) is 2.44. The third-order valence-corrected chi connectivity index (χ3v) is 3.33. The fourth-order valence-electron chi connectivity index (χ4n) is 2.05. The number of amides is 1. The molecule has 0 unspecified atom stereocenters. The van der Waals surface area contributed by atoms with Gasteiger partial charge >= 0.3 is 5.69 Å². The van der Waals surface area contributed by atoms with Crippen molar-refractivity contribution in [3.8, 4) is 0 Å². The van der Waals surface area contributed by atoms with Crippen LogP contribution in [0.1, 0.15) is 36.5 Å². The summed E-state index contributed by atoms with van der Waals surface area (Å²) in [4.78, 5) is 21.4. The van der Waals surface area contributed by atoms with Gasteiger partial charge in [0.15, 0.2) is 0 Å². The molecule has 1 N–H and O–H groups in total. The van der Waals surface area contributed by atoms with Crippen LogP contribution in [-0.4, -0.2) is 16.4 Å². The summed E-state index contributed by atoms with van der Waals surface area (Å²) in [5.74, 6) is -3.16. The number of nitro groups is 1. The molecule has 0 spiro atoms. The Morgan fingerprint density at radius 3 is 2.53 bits per heavy atom. The van der Waals surface area contributed by atoms with Gasteiger partial charge < -0.3 is 5.32 Å². The second-order valence-electron chi connectivity index (χ2n) is 4.91. The number of carbonyl (C=O) groups is 1. The maximum absolute atomic E-state index is 13.8. The molecule has 1 amide bonds. The molecule has 0 radical (unpaired) electrons. The van der Waals surface area contributed by atoms with E-state index in [0.717, 1.165) is 19.3 Å². The Labute approximate surface area is 107 Å². The molecule has 5 nitrogen and oxygen atoms in total. The molecule has 0 heterocycles. The highest BCUT2D eigenvalue weighted by atomic mass is 19.1. The third-order valence-electron chi connectivity index (χ3n) is 3.33. The minimum absolute atomic E-state index is 0.440. The van der Waals surface area contributed by atoms with E-state index in [4.69, 9.17) is 0 Å². The average Bonchev–Trinajstić information content (AvgIpc) is 2.29. The van der Waals surface area contributed by atoms with Crippen molar-refractivity contribution < 1.29 is 18.5 Å². The van der Waals surface area contributed by atoms with Gasteiger partial charge in [-0.05, 0) is 32.3 Å². The van der Waals surface area contributed by atoms with Gasteiger partial charge in [0.1, 0.15) is 5.82 Å². The number of rotatable bonds is 3. The lowest BCUT2D eigenvalue weighted by atomic mass is 9.78. The summed E-state index contributed by atoms with van der Waals surface area (Å²) >= 11 is 0. The van der Waals surface area contributed by atoms with Gasteiger partial charge in [0.05, 0.1) is 16.6 Å². The number of hydrogen-bond acceptors (Lipinski definition) is 3. The number of nitro benzene ring substituents is 1. The second-order valence-corrected chi connectivity index (χ2v) is 4.91. The van der Waals surface area contributed by atoms with Crippen LogP contribution in [0.15, 0.2) is 12.1 Å². The SMILES string of the molecule is CC1(NC(=O)c2cc(F)cc([N+](=O)[O-])c2F)CCC1. The van der Waals surface area contributed by atoms with E-state index in [1.807, 2.05) is 0 Å². The fraction of sp³-hybridized carbons (Fsp3) is 0.417. The molecule has 19 heavy (non-hydrogen) atoms. The molecule has 1 saturated carbocycles. The predicted octanol–water partition coefficient (Wildman–Crippen LogP) is 2.55. The lowest BCUT2D eigenvalue weighted by Crippen LogP contribution is -2.51. The van der Waals surface area contributed by atoms with Gasteiger partial charge in [-0.15, -0.1) is 0 Å². The van der Waals surface area contributed by atoms with E-state index in [-0.39, 0.29) is 0 Å². The van der Waals surface area contributed by atoms with Crippen molar-refractivity contribution in [3.63, 3.8) is 0 Å². The van der Waals surface area contributed by atoms with Crippen LogP contribution in [0.2, 0.25) is 0 Å². The molecule has 0 aliphatic heterocycles. The molecule has 1 aliphatic rings. The molecule has 0 aromatic heterocycles. The van der Waals surface area contributed by atoms with Gasteiger partial charge in [0, 0.05) is 5.54 Å². The Morgan fingerprint density at radius 2 is 2.05 bits per heavy atom. The fourth-order valence-corrected chi connectivity index (χ4v) is 2.05. The van der Waals surface area contributed by atoms with E-state index in [9.17, 15) is 23.7 Å². The van der Waals surface area contributed by atoms with Crippen molar-refractivity contribution >= 4 is 11.6 Å². The molecule has 0 bridgehead atoms. The Kier molecular flexibility index (Phi) is 3.21. The van der Waals surface area contributed by atoms with Gasteiger partial charge in [-0.2, -0.15) is 4.39 Å². The van der Waals surface area contributed by atoms with E-state index in [0.29, 0.717) is 12.1 Å². The number of carbonyl (C=O) groups excluding carboxylic acids is 1. The normalized spacial score (nSPS) is 16.6. The molecular formula is C12H12F2N2O3. The Morgan fingerprint density at radius 1 is 1.42 bits per heavy atom. The minimum Gasteiger partial charge on any atom is -0.347 e. The Balaban J connectivity index is 2.33. The highest BCUT2D eigenvalue weighted by Crippen LogP contribution is 2.32. The van der Waals surface area contributed by atoms with Crippen LogP contribution >= 0.6 is 0 Å². The van der Waals surface area contributed by atoms with Crippen molar-refractivity contribution in [1.29, 1.82) is 0 Å². The number of hydrogen-bond donors (Lipinski definition) is 1. The van der Waals surface area contributed by atoms with Crippen LogP contribution in [0.5, 0.6) is 0 Å². The summed E-state index contributed by atoms with van der Waals surface area (Å²) in [6, 6.07) is 1.12. The van der Waals surface area contributed by atoms with E-state index >= 15 is 0 Å². The highest BCUT2D eigenvalue weighted by molar-refractivity contribution is 5.95. The first-order chi connectivity index (χ1) is 8.82. The van der Waals surface area contributed by atoms with Gasteiger partial charge in [0.25, 0.3) is 5.91 Å². The quantitative estimate of drug-likeness (QED) is 0.677. The zero-order valence-electron chi connectivity index (χ0n) is 10.2. The monoisotopic (exact) mass is 270 g/mol. The standard InChI is InChI=1S/C12H12F2N2O3/c1-12(3-2-4-12)15-11(17)8-5-7(13)6-9(10(8)14)16(18)19/h5-6H,2-4H2,1H3,(H,15,17). The van der Waals surface area contributed by atoms with Crippen molar-refractivity contribution in [2.45, 2.75) is 31.7 Å². The van der Waals surface area contributed by atoms with Gasteiger partial charge in [-0.1, -0.05) is 0 Å². The van der Waals surface area contributed by atoms with Crippen molar-refractivity contribution in [1.82, 2.24) is 5.32 Å². The average molecular weight is 270 g/mol. The van der Waals surface area contributed by atoms with Crippen LogP contribution in [0, 0.1) is 21.7 Å². The Bertz CT molecular complexity index is 556. The highest BCUT2D eigenvalue weighted by Gasteiger charge is 2.35. The first kappa shape index (κ1) is 13.4. The number of nitrogens with zero attached hydrogens (tertiary/aromatic N) is 1. The van der Waals surface area contributed by atoms with Crippen molar-refractivity contribution in [3.05, 3.63) is 39.4 Å². The largest absolute Gasteiger partial charge is 0.347 e. The van der Waals surface area contributed by atoms with E-state index in [1.165, 1.54) is 0 Å². The summed E-state index contributed by atoms with van der Waals surface area (Å²) < 4.78 is 27.0. The number of nitrogens with one attached hydrogen (secondary N) is 1. The Hall–Kier alpha value is -2.05. The predicted molar refractivity (Wildman–Crippen MR) is 62.7 cm³/mol. The van der Waals surface area contributed by atoms with Crippen LogP contribution < -0.4 is 5.32 Å². The van der Waals surface area contributed by atoms with Crippen LogP contribution in [-0.2, 0) is 0 Å². The summed E-state index contributed by atoms with van der Waals surface area (Å²) in [5.41, 5.74) is -2.12. The summed E-state index contributed by atoms with van der Waals surface area (Å²) in [5, 5.41) is 13.1. The molecule has 2 rings (SSSR count). The molecule has 1 aromatic carbocycles. The molecule has 1 aromatic rings. The van der Waals surface area contributed by atoms with Gasteiger partial charge in [0.2, 0.25) is 5.82 Å². The maximum atomic E-state index is 13.8. The molecule has 0 saturated heterocycles. The lowest BCUT2D eigenvalue weighted by Gasteiger charge is -2.39. The van der Waals surface area contributed by atoms with Crippen molar-refractivity contribution in [2.24, 2.45) is 0 Å². The van der Waals surface area contributed by atoms with Crippen molar-refractivity contribution in [2.75, 3.05) is 0 Å². The van der Waals surface area contributed by atoms with Crippen LogP contribution in [0.3, 0.4) is 0 Å². The molecule has 0 atom stereocenters.